The average Bonchev–Trinajstić information content (AvgIpc) is 2.01. The van der Waals surface area contributed by atoms with Crippen LogP contribution in [0.1, 0.15) is 34.6 Å². The zero-order valence-corrected chi connectivity index (χ0v) is 12.4. The third-order valence-electron chi connectivity index (χ3n) is 2.13. The smallest absolute Gasteiger partial charge is 0.255 e. The van der Waals surface area contributed by atoms with Gasteiger partial charge in [-0.3, -0.25) is 9.46 Å². The highest BCUT2D eigenvalue weighted by Gasteiger charge is 2.20. The van der Waals surface area contributed by atoms with Crippen molar-refractivity contribution in [2.75, 3.05) is 19.1 Å². The number of hydrogen-bond acceptors (Lipinski definition) is 4. The maximum absolute atomic E-state index is 11.9. The predicted molar refractivity (Wildman–Crippen MR) is 69.7 cm³/mol. The Kier molecular flexibility index (Phi) is 7.18. The topological polar surface area (TPSA) is 29.5 Å². The molecule has 3 nitrogen and oxygen atoms in total. The lowest BCUT2D eigenvalue weighted by molar-refractivity contribution is 0.211. The van der Waals surface area contributed by atoms with Crippen molar-refractivity contribution in [3.05, 3.63) is 0 Å². The Morgan fingerprint density at radius 2 is 1.73 bits per heavy atom. The monoisotopic (exact) mass is 253 g/mol. The quantitative estimate of drug-likeness (QED) is 0.511. The largest absolute Gasteiger partial charge is 0.322 e. The third-order valence-corrected chi connectivity index (χ3v) is 5.81. The third kappa shape index (κ3) is 6.62. The minimum atomic E-state index is -2.45. The lowest BCUT2D eigenvalue weighted by Crippen LogP contribution is -2.36. The Balaban J connectivity index is 4.16. The van der Waals surface area contributed by atoms with E-state index in [1.54, 1.807) is 6.66 Å². The minimum Gasteiger partial charge on any atom is -0.322 e. The van der Waals surface area contributed by atoms with Crippen molar-refractivity contribution >= 4 is 18.0 Å². The molecule has 0 aromatic rings. The molecule has 0 amide bonds. The first kappa shape index (κ1) is 15.5. The molecule has 0 N–H and O–H groups in total. The van der Waals surface area contributed by atoms with Gasteiger partial charge in [0, 0.05) is 18.7 Å². The van der Waals surface area contributed by atoms with E-state index in [2.05, 4.69) is 32.6 Å². The predicted octanol–water partition coefficient (Wildman–Crippen LogP) is 3.66. The Morgan fingerprint density at radius 3 is 2.07 bits per heavy atom. The fraction of sp³-hybridized carbons (Fsp3) is 1.00. The van der Waals surface area contributed by atoms with Gasteiger partial charge in [-0.1, -0.05) is 11.4 Å². The normalized spacial score (nSPS) is 16.3. The highest BCUT2D eigenvalue weighted by atomic mass is 32.7. The summed E-state index contributed by atoms with van der Waals surface area (Å²) < 4.78 is 17.1. The zero-order chi connectivity index (χ0) is 12.1. The lowest BCUT2D eigenvalue weighted by Gasteiger charge is -2.30. The first-order chi connectivity index (χ1) is 6.80. The van der Waals surface area contributed by atoms with Gasteiger partial charge in [0.1, 0.15) is 0 Å². The summed E-state index contributed by atoms with van der Waals surface area (Å²) in [5, 5.41) is 0. The van der Waals surface area contributed by atoms with E-state index in [9.17, 15) is 4.57 Å². The van der Waals surface area contributed by atoms with Crippen molar-refractivity contribution in [2.24, 2.45) is 0 Å². The molecule has 0 aromatic heterocycles. The summed E-state index contributed by atoms with van der Waals surface area (Å²) in [7, 11) is 0. The number of nitrogens with zero attached hydrogens (tertiary/aromatic N) is 1. The van der Waals surface area contributed by atoms with Crippen LogP contribution in [0.3, 0.4) is 0 Å². The summed E-state index contributed by atoms with van der Waals surface area (Å²) >= 11 is 1.43. The van der Waals surface area contributed by atoms with Gasteiger partial charge in [0.2, 0.25) is 0 Å². The Hall–Kier alpha value is 0.500. The molecule has 1 atom stereocenters. The fourth-order valence-electron chi connectivity index (χ4n) is 1.34. The Labute approximate surface area is 98.1 Å². The summed E-state index contributed by atoms with van der Waals surface area (Å²) in [4.78, 5) is 2.31. The van der Waals surface area contributed by atoms with E-state index >= 15 is 0 Å². The van der Waals surface area contributed by atoms with Crippen LogP contribution in [-0.2, 0) is 9.09 Å². The molecule has 0 heterocycles. The molecular formula is C10H24NO2PS. The molecule has 0 aromatic carbocycles. The molecule has 0 aliphatic rings. The maximum Gasteiger partial charge on any atom is 0.255 e. The molecule has 0 aliphatic carbocycles. The van der Waals surface area contributed by atoms with E-state index in [0.29, 0.717) is 18.7 Å². The van der Waals surface area contributed by atoms with E-state index in [1.165, 1.54) is 11.4 Å². The highest BCUT2D eigenvalue weighted by molar-refractivity contribution is 8.56. The molecule has 0 rings (SSSR count). The molecule has 1 unspecified atom stereocenters. The molecular weight excluding hydrogens is 229 g/mol. The van der Waals surface area contributed by atoms with Crippen LogP contribution in [0.2, 0.25) is 0 Å². The van der Waals surface area contributed by atoms with Crippen molar-refractivity contribution in [3.63, 3.8) is 0 Å². The second-order valence-corrected chi connectivity index (χ2v) is 9.23. The minimum absolute atomic E-state index is 0.471. The van der Waals surface area contributed by atoms with Crippen LogP contribution < -0.4 is 0 Å². The van der Waals surface area contributed by atoms with Gasteiger partial charge in [-0.05, 0) is 34.6 Å². The average molecular weight is 253 g/mol. The molecule has 0 bridgehead atoms. The summed E-state index contributed by atoms with van der Waals surface area (Å²) in [6.45, 7) is 10.3. The van der Waals surface area contributed by atoms with Crippen molar-refractivity contribution in [2.45, 2.75) is 46.7 Å². The van der Waals surface area contributed by atoms with Crippen LogP contribution in [0.5, 0.6) is 0 Å². The van der Waals surface area contributed by atoms with Gasteiger partial charge < -0.3 is 4.52 Å². The van der Waals surface area contributed by atoms with E-state index in [0.717, 1.165) is 5.88 Å². The first-order valence-electron chi connectivity index (χ1n) is 5.42. The summed E-state index contributed by atoms with van der Waals surface area (Å²) in [6, 6.07) is 0.943. The van der Waals surface area contributed by atoms with Crippen molar-refractivity contribution in [1.82, 2.24) is 4.90 Å². The Morgan fingerprint density at radius 1 is 1.27 bits per heavy atom. The number of hydrogen-bond donors (Lipinski definition) is 0. The molecule has 0 fully saturated rings. The SMILES string of the molecule is CCOP(C)(=O)SCN(C(C)C)C(C)C. The van der Waals surface area contributed by atoms with E-state index in [1.807, 2.05) is 6.92 Å². The van der Waals surface area contributed by atoms with Crippen LogP contribution in [0.15, 0.2) is 0 Å². The zero-order valence-electron chi connectivity index (χ0n) is 10.7. The van der Waals surface area contributed by atoms with Crippen LogP contribution in [0, 0.1) is 0 Å². The van der Waals surface area contributed by atoms with Crippen LogP contribution in [0.25, 0.3) is 0 Å². The van der Waals surface area contributed by atoms with Crippen molar-refractivity contribution in [1.29, 1.82) is 0 Å². The molecule has 0 saturated carbocycles. The molecule has 15 heavy (non-hydrogen) atoms. The second kappa shape index (κ2) is 6.95. The van der Waals surface area contributed by atoms with Gasteiger partial charge in [-0.25, -0.2) is 0 Å². The standard InChI is InChI=1S/C10H24NO2PS/c1-7-13-14(6,12)15-8-11(9(2)3)10(4)5/h9-10H,7-8H2,1-6H3. The van der Waals surface area contributed by atoms with Crippen molar-refractivity contribution in [3.8, 4) is 0 Å². The van der Waals surface area contributed by atoms with Crippen LogP contribution in [-0.4, -0.2) is 36.1 Å². The van der Waals surface area contributed by atoms with Crippen LogP contribution in [0.4, 0.5) is 0 Å². The maximum atomic E-state index is 11.9. The fourth-order valence-corrected chi connectivity index (χ4v) is 4.39. The summed E-state index contributed by atoms with van der Waals surface area (Å²) in [5.74, 6) is 0.767. The second-order valence-electron chi connectivity index (χ2n) is 4.15. The lowest BCUT2D eigenvalue weighted by atomic mass is 10.2. The number of rotatable bonds is 7. The molecule has 0 radical (unpaired) electrons. The highest BCUT2D eigenvalue weighted by Crippen LogP contribution is 2.56. The molecule has 5 heteroatoms. The Bertz CT molecular complexity index is 213. The van der Waals surface area contributed by atoms with Gasteiger partial charge in [-0.15, -0.1) is 0 Å². The van der Waals surface area contributed by atoms with E-state index in [-0.39, 0.29) is 0 Å². The van der Waals surface area contributed by atoms with Gasteiger partial charge in [-0.2, -0.15) is 0 Å². The van der Waals surface area contributed by atoms with Gasteiger partial charge in [0.05, 0.1) is 12.5 Å². The molecule has 0 saturated heterocycles. The molecule has 0 spiro atoms. The summed E-state index contributed by atoms with van der Waals surface area (Å²) in [5.41, 5.74) is 0. The van der Waals surface area contributed by atoms with E-state index < -0.39 is 6.57 Å². The van der Waals surface area contributed by atoms with Gasteiger partial charge in [0.15, 0.2) is 0 Å². The van der Waals surface area contributed by atoms with Crippen LogP contribution >= 0.6 is 18.0 Å². The van der Waals surface area contributed by atoms with Gasteiger partial charge in [0.25, 0.3) is 6.57 Å². The van der Waals surface area contributed by atoms with Crippen molar-refractivity contribution < 1.29 is 9.09 Å². The van der Waals surface area contributed by atoms with E-state index in [4.69, 9.17) is 4.52 Å². The van der Waals surface area contributed by atoms with Gasteiger partial charge >= 0.3 is 0 Å². The first-order valence-corrected chi connectivity index (χ1v) is 9.08. The molecule has 0 aliphatic heterocycles. The summed E-state index contributed by atoms with van der Waals surface area (Å²) in [6.07, 6.45) is 0. The molecule has 92 valence electrons.